The Morgan fingerprint density at radius 1 is 1.38 bits per heavy atom. The van der Waals surface area contributed by atoms with Crippen molar-refractivity contribution in [1.82, 2.24) is 0 Å². The van der Waals surface area contributed by atoms with E-state index in [0.29, 0.717) is 6.61 Å². The van der Waals surface area contributed by atoms with E-state index >= 15 is 0 Å². The monoisotopic (exact) mass is 222 g/mol. The Morgan fingerprint density at radius 3 is 2.44 bits per heavy atom. The smallest absolute Gasteiger partial charge is 0.118 e. The standard InChI is InChI=1S/C13H18O3/c1-4-13(10(2)14)16-9-11-5-7-12(15-3)8-6-11/h4-8,10,13-14H,1,9H2,2-3H3/t10-,13+/m1/s1. The van der Waals surface area contributed by atoms with Gasteiger partial charge < -0.3 is 14.6 Å². The molecule has 1 rings (SSSR count). The van der Waals surface area contributed by atoms with E-state index in [1.807, 2.05) is 24.3 Å². The average molecular weight is 222 g/mol. The molecule has 0 aromatic heterocycles. The summed E-state index contributed by atoms with van der Waals surface area (Å²) in [6.07, 6.45) is 0.728. The third kappa shape index (κ3) is 3.68. The number of aliphatic hydroxyl groups is 1. The first-order valence-corrected chi connectivity index (χ1v) is 5.22. The molecular formula is C13H18O3. The number of hydrogen-bond acceptors (Lipinski definition) is 3. The molecule has 1 aromatic carbocycles. The SMILES string of the molecule is C=C[C@H](OCc1ccc(OC)cc1)[C@@H](C)O. The van der Waals surface area contributed by atoms with Gasteiger partial charge in [0.05, 0.1) is 19.8 Å². The Morgan fingerprint density at radius 2 is 2.00 bits per heavy atom. The molecule has 2 atom stereocenters. The number of aliphatic hydroxyl groups excluding tert-OH is 1. The van der Waals surface area contributed by atoms with E-state index in [4.69, 9.17) is 9.47 Å². The summed E-state index contributed by atoms with van der Waals surface area (Å²) in [5.41, 5.74) is 1.04. The lowest BCUT2D eigenvalue weighted by molar-refractivity contribution is -0.00982. The van der Waals surface area contributed by atoms with Crippen molar-refractivity contribution < 1.29 is 14.6 Å². The number of hydrogen-bond donors (Lipinski definition) is 1. The van der Waals surface area contributed by atoms with Crippen LogP contribution in [0.1, 0.15) is 12.5 Å². The van der Waals surface area contributed by atoms with Gasteiger partial charge in [-0.1, -0.05) is 18.2 Å². The molecule has 0 heterocycles. The van der Waals surface area contributed by atoms with E-state index in [1.165, 1.54) is 0 Å². The fourth-order valence-electron chi connectivity index (χ4n) is 1.32. The van der Waals surface area contributed by atoms with Crippen LogP contribution in [0.25, 0.3) is 0 Å². The highest BCUT2D eigenvalue weighted by Crippen LogP contribution is 2.13. The van der Waals surface area contributed by atoms with Crippen molar-refractivity contribution in [3.8, 4) is 5.75 Å². The van der Waals surface area contributed by atoms with Crippen molar-refractivity contribution in [3.05, 3.63) is 42.5 Å². The molecule has 0 saturated heterocycles. The van der Waals surface area contributed by atoms with Gasteiger partial charge in [-0.25, -0.2) is 0 Å². The zero-order valence-corrected chi connectivity index (χ0v) is 9.72. The van der Waals surface area contributed by atoms with E-state index in [-0.39, 0.29) is 6.10 Å². The predicted molar refractivity (Wildman–Crippen MR) is 63.4 cm³/mol. The second-order valence-electron chi connectivity index (χ2n) is 3.60. The first-order chi connectivity index (χ1) is 7.67. The van der Waals surface area contributed by atoms with Crippen molar-refractivity contribution in [1.29, 1.82) is 0 Å². The summed E-state index contributed by atoms with van der Waals surface area (Å²) in [7, 11) is 1.63. The van der Waals surface area contributed by atoms with E-state index in [2.05, 4.69) is 6.58 Å². The normalized spacial score (nSPS) is 14.2. The summed E-state index contributed by atoms with van der Waals surface area (Å²) < 4.78 is 10.6. The van der Waals surface area contributed by atoms with Crippen LogP contribution < -0.4 is 4.74 Å². The minimum absolute atomic E-state index is 0.331. The van der Waals surface area contributed by atoms with Crippen molar-refractivity contribution in [3.63, 3.8) is 0 Å². The highest BCUT2D eigenvalue weighted by molar-refractivity contribution is 5.26. The summed E-state index contributed by atoms with van der Waals surface area (Å²) >= 11 is 0. The van der Waals surface area contributed by atoms with E-state index in [0.717, 1.165) is 11.3 Å². The first kappa shape index (κ1) is 12.7. The van der Waals surface area contributed by atoms with E-state index in [9.17, 15) is 5.11 Å². The minimum atomic E-state index is -0.546. The fraction of sp³-hybridized carbons (Fsp3) is 0.385. The number of rotatable bonds is 6. The third-order valence-electron chi connectivity index (χ3n) is 2.31. The molecule has 88 valence electrons. The van der Waals surface area contributed by atoms with Gasteiger partial charge in [0.2, 0.25) is 0 Å². The van der Waals surface area contributed by atoms with Crippen molar-refractivity contribution >= 4 is 0 Å². The Hall–Kier alpha value is -1.32. The van der Waals surface area contributed by atoms with Crippen LogP contribution >= 0.6 is 0 Å². The molecule has 3 heteroatoms. The molecule has 0 bridgehead atoms. The number of methoxy groups -OCH3 is 1. The predicted octanol–water partition coefficient (Wildman–Crippen LogP) is 2.15. The van der Waals surface area contributed by atoms with Crippen LogP contribution in [-0.2, 0) is 11.3 Å². The van der Waals surface area contributed by atoms with Gasteiger partial charge in [-0.2, -0.15) is 0 Å². The molecule has 0 saturated carbocycles. The van der Waals surface area contributed by atoms with Crippen LogP contribution in [-0.4, -0.2) is 24.4 Å². The van der Waals surface area contributed by atoms with Crippen molar-refractivity contribution in [2.24, 2.45) is 0 Å². The molecule has 0 spiro atoms. The van der Waals surface area contributed by atoms with Gasteiger partial charge in [0.15, 0.2) is 0 Å². The third-order valence-corrected chi connectivity index (χ3v) is 2.31. The molecule has 16 heavy (non-hydrogen) atoms. The van der Waals surface area contributed by atoms with Gasteiger partial charge in [0, 0.05) is 0 Å². The summed E-state index contributed by atoms with van der Waals surface area (Å²) in [4.78, 5) is 0. The van der Waals surface area contributed by atoms with Crippen LogP contribution in [0.4, 0.5) is 0 Å². The molecule has 0 amide bonds. The van der Waals surface area contributed by atoms with Crippen molar-refractivity contribution in [2.45, 2.75) is 25.7 Å². The van der Waals surface area contributed by atoms with E-state index in [1.54, 1.807) is 20.1 Å². The van der Waals surface area contributed by atoms with Gasteiger partial charge in [0.1, 0.15) is 11.9 Å². The molecule has 0 aliphatic rings. The molecule has 0 radical (unpaired) electrons. The highest BCUT2D eigenvalue weighted by Gasteiger charge is 2.10. The van der Waals surface area contributed by atoms with Crippen LogP contribution in [0.15, 0.2) is 36.9 Å². The van der Waals surface area contributed by atoms with E-state index < -0.39 is 6.10 Å². The maximum absolute atomic E-state index is 9.36. The maximum Gasteiger partial charge on any atom is 0.118 e. The zero-order chi connectivity index (χ0) is 12.0. The fourth-order valence-corrected chi connectivity index (χ4v) is 1.32. The number of ether oxygens (including phenoxy) is 2. The first-order valence-electron chi connectivity index (χ1n) is 5.22. The molecule has 0 aliphatic heterocycles. The van der Waals surface area contributed by atoms with Gasteiger partial charge in [-0.15, -0.1) is 6.58 Å². The molecule has 1 N–H and O–H groups in total. The molecule has 0 fully saturated rings. The van der Waals surface area contributed by atoms with Crippen LogP contribution in [0.3, 0.4) is 0 Å². The zero-order valence-electron chi connectivity index (χ0n) is 9.72. The maximum atomic E-state index is 9.36. The quantitative estimate of drug-likeness (QED) is 0.749. The Labute approximate surface area is 96.3 Å². The van der Waals surface area contributed by atoms with Crippen LogP contribution in [0, 0.1) is 0 Å². The van der Waals surface area contributed by atoms with Crippen LogP contribution in [0.5, 0.6) is 5.75 Å². The highest BCUT2D eigenvalue weighted by atomic mass is 16.5. The van der Waals surface area contributed by atoms with Gasteiger partial charge in [-0.3, -0.25) is 0 Å². The topological polar surface area (TPSA) is 38.7 Å². The Bertz CT molecular complexity index is 316. The molecule has 3 nitrogen and oxygen atoms in total. The van der Waals surface area contributed by atoms with Crippen LogP contribution in [0.2, 0.25) is 0 Å². The lowest BCUT2D eigenvalue weighted by Crippen LogP contribution is -2.23. The average Bonchev–Trinajstić information content (AvgIpc) is 2.30. The molecule has 1 aromatic rings. The van der Waals surface area contributed by atoms with Gasteiger partial charge in [0.25, 0.3) is 0 Å². The Kier molecular flexibility index (Phi) is 5.02. The summed E-state index contributed by atoms with van der Waals surface area (Å²) in [5.74, 6) is 0.819. The number of benzene rings is 1. The lowest BCUT2D eigenvalue weighted by Gasteiger charge is -2.16. The molecule has 0 unspecified atom stereocenters. The molecule has 0 aliphatic carbocycles. The summed E-state index contributed by atoms with van der Waals surface area (Å²) in [5, 5.41) is 9.36. The lowest BCUT2D eigenvalue weighted by atomic mass is 10.2. The Balaban J connectivity index is 2.50. The second-order valence-corrected chi connectivity index (χ2v) is 3.60. The second kappa shape index (κ2) is 6.30. The molecular weight excluding hydrogens is 204 g/mol. The summed E-state index contributed by atoms with van der Waals surface area (Å²) in [6, 6.07) is 7.62. The van der Waals surface area contributed by atoms with Gasteiger partial charge in [-0.05, 0) is 24.6 Å². The van der Waals surface area contributed by atoms with Gasteiger partial charge >= 0.3 is 0 Å². The largest absolute Gasteiger partial charge is 0.497 e. The summed E-state index contributed by atoms with van der Waals surface area (Å²) in [6.45, 7) is 5.75. The minimum Gasteiger partial charge on any atom is -0.497 e. The van der Waals surface area contributed by atoms with Crippen molar-refractivity contribution in [2.75, 3.05) is 7.11 Å².